The highest BCUT2D eigenvalue weighted by atomic mass is 79.9. The summed E-state index contributed by atoms with van der Waals surface area (Å²) in [6, 6.07) is 7.74. The summed E-state index contributed by atoms with van der Waals surface area (Å²) in [6.45, 7) is 0. The Morgan fingerprint density at radius 2 is 2.10 bits per heavy atom. The van der Waals surface area contributed by atoms with Gasteiger partial charge in [-0.3, -0.25) is 4.98 Å². The molecule has 0 atom stereocenters. The first-order chi connectivity index (χ1) is 9.65. The highest BCUT2D eigenvalue weighted by Crippen LogP contribution is 2.28. The minimum absolute atomic E-state index is 0.0577. The first-order valence-electron chi connectivity index (χ1n) is 5.65. The molecule has 0 aliphatic rings. The highest BCUT2D eigenvalue weighted by molar-refractivity contribution is 9.10. The van der Waals surface area contributed by atoms with Gasteiger partial charge in [-0.05, 0) is 46.3 Å². The number of nitrogen functional groups attached to an aromatic ring is 1. The van der Waals surface area contributed by atoms with Gasteiger partial charge >= 0.3 is 0 Å². The molecule has 0 unspecified atom stereocenters. The van der Waals surface area contributed by atoms with Crippen molar-refractivity contribution >= 4 is 21.6 Å². The third-order valence-corrected chi connectivity index (χ3v) is 3.26. The number of aromatic nitrogens is 3. The number of pyridine rings is 1. The van der Waals surface area contributed by atoms with Crippen LogP contribution < -0.4 is 5.73 Å². The van der Waals surface area contributed by atoms with Gasteiger partial charge in [-0.2, -0.15) is 4.98 Å². The Labute approximate surface area is 121 Å². The van der Waals surface area contributed by atoms with Crippen molar-refractivity contribution in [1.82, 2.24) is 15.1 Å². The zero-order valence-corrected chi connectivity index (χ0v) is 11.6. The van der Waals surface area contributed by atoms with Gasteiger partial charge in [-0.25, -0.2) is 4.39 Å². The molecule has 20 heavy (non-hydrogen) atoms. The number of halogens is 2. The quantitative estimate of drug-likeness (QED) is 0.727. The summed E-state index contributed by atoms with van der Waals surface area (Å²) >= 11 is 3.35. The minimum Gasteiger partial charge on any atom is -0.399 e. The first-order valence-corrected chi connectivity index (χ1v) is 6.44. The van der Waals surface area contributed by atoms with Crippen LogP contribution in [0.5, 0.6) is 0 Å². The summed E-state index contributed by atoms with van der Waals surface area (Å²) in [6.07, 6.45) is 1.61. The van der Waals surface area contributed by atoms with Crippen molar-refractivity contribution in [2.24, 2.45) is 0 Å². The Balaban J connectivity index is 2.07. The van der Waals surface area contributed by atoms with Crippen LogP contribution in [0, 0.1) is 5.82 Å². The topological polar surface area (TPSA) is 77.8 Å². The van der Waals surface area contributed by atoms with Gasteiger partial charge in [0.2, 0.25) is 5.82 Å². The second-order valence-corrected chi connectivity index (χ2v) is 4.85. The van der Waals surface area contributed by atoms with Crippen molar-refractivity contribution in [3.05, 3.63) is 46.8 Å². The van der Waals surface area contributed by atoms with E-state index in [1.54, 1.807) is 18.3 Å². The Bertz CT molecular complexity index is 775. The second kappa shape index (κ2) is 5.01. The lowest BCUT2D eigenvalue weighted by atomic mass is 10.2. The van der Waals surface area contributed by atoms with E-state index in [0.29, 0.717) is 11.4 Å². The van der Waals surface area contributed by atoms with E-state index >= 15 is 0 Å². The largest absolute Gasteiger partial charge is 0.399 e. The van der Waals surface area contributed by atoms with E-state index in [0.717, 1.165) is 4.47 Å². The van der Waals surface area contributed by atoms with Crippen molar-refractivity contribution < 1.29 is 8.91 Å². The number of hydrogen-bond donors (Lipinski definition) is 1. The molecule has 0 fully saturated rings. The van der Waals surface area contributed by atoms with Gasteiger partial charge in [-0.1, -0.05) is 5.16 Å². The van der Waals surface area contributed by atoms with E-state index in [1.165, 1.54) is 18.2 Å². The lowest BCUT2D eigenvalue weighted by molar-refractivity contribution is 0.429. The van der Waals surface area contributed by atoms with E-state index in [2.05, 4.69) is 31.1 Å². The van der Waals surface area contributed by atoms with Crippen LogP contribution in [0.25, 0.3) is 23.0 Å². The van der Waals surface area contributed by atoms with E-state index in [9.17, 15) is 4.39 Å². The van der Waals surface area contributed by atoms with E-state index in [-0.39, 0.29) is 17.3 Å². The molecule has 2 heterocycles. The van der Waals surface area contributed by atoms with Crippen molar-refractivity contribution in [3.8, 4) is 23.0 Å². The van der Waals surface area contributed by atoms with Crippen LogP contribution in [0.4, 0.5) is 10.1 Å². The maximum absolute atomic E-state index is 13.7. The summed E-state index contributed by atoms with van der Waals surface area (Å²) in [5.74, 6) is -0.147. The van der Waals surface area contributed by atoms with E-state index < -0.39 is 5.82 Å². The average molecular weight is 335 g/mol. The zero-order chi connectivity index (χ0) is 14.1. The Kier molecular flexibility index (Phi) is 3.19. The van der Waals surface area contributed by atoms with E-state index in [4.69, 9.17) is 10.3 Å². The van der Waals surface area contributed by atoms with Crippen LogP contribution in [0.15, 0.2) is 45.5 Å². The average Bonchev–Trinajstić information content (AvgIpc) is 2.91. The van der Waals surface area contributed by atoms with Gasteiger partial charge < -0.3 is 10.3 Å². The normalized spacial score (nSPS) is 10.7. The molecule has 0 bridgehead atoms. The van der Waals surface area contributed by atoms with Crippen LogP contribution in [-0.4, -0.2) is 15.1 Å². The molecule has 0 aliphatic heterocycles. The molecule has 2 N–H and O–H groups in total. The fourth-order valence-electron chi connectivity index (χ4n) is 1.69. The lowest BCUT2D eigenvalue weighted by Crippen LogP contribution is -1.90. The van der Waals surface area contributed by atoms with Crippen LogP contribution >= 0.6 is 15.9 Å². The maximum Gasteiger partial charge on any atom is 0.261 e. The Morgan fingerprint density at radius 3 is 2.90 bits per heavy atom. The lowest BCUT2D eigenvalue weighted by Gasteiger charge is -1.98. The van der Waals surface area contributed by atoms with E-state index in [1.807, 2.05) is 0 Å². The van der Waals surface area contributed by atoms with Crippen molar-refractivity contribution in [2.45, 2.75) is 0 Å². The van der Waals surface area contributed by atoms with Gasteiger partial charge in [0.15, 0.2) is 0 Å². The predicted molar refractivity (Wildman–Crippen MR) is 75.0 cm³/mol. The van der Waals surface area contributed by atoms with Crippen molar-refractivity contribution in [1.29, 1.82) is 0 Å². The summed E-state index contributed by atoms with van der Waals surface area (Å²) in [7, 11) is 0. The van der Waals surface area contributed by atoms with Crippen LogP contribution in [0.2, 0.25) is 0 Å². The summed E-state index contributed by atoms with van der Waals surface area (Å²) in [4.78, 5) is 8.29. The van der Waals surface area contributed by atoms with Gasteiger partial charge in [0.1, 0.15) is 11.5 Å². The fourth-order valence-corrected chi connectivity index (χ4v) is 2.12. The van der Waals surface area contributed by atoms with Gasteiger partial charge in [-0.15, -0.1) is 0 Å². The smallest absolute Gasteiger partial charge is 0.261 e. The third kappa shape index (κ3) is 2.27. The zero-order valence-electron chi connectivity index (χ0n) is 10.0. The van der Waals surface area contributed by atoms with Gasteiger partial charge in [0.25, 0.3) is 5.89 Å². The monoisotopic (exact) mass is 334 g/mol. The molecule has 0 radical (unpaired) electrons. The van der Waals surface area contributed by atoms with Crippen molar-refractivity contribution in [2.75, 3.05) is 5.73 Å². The van der Waals surface area contributed by atoms with Crippen LogP contribution in [0.3, 0.4) is 0 Å². The molecule has 0 aliphatic carbocycles. The third-order valence-electron chi connectivity index (χ3n) is 2.62. The molecule has 0 amide bonds. The molecular weight excluding hydrogens is 327 g/mol. The van der Waals surface area contributed by atoms with Crippen LogP contribution in [0.1, 0.15) is 0 Å². The SMILES string of the molecule is Nc1ccc(F)c(-c2nc(-c3ncccc3Br)no2)c1. The molecule has 0 saturated carbocycles. The van der Waals surface area contributed by atoms with Gasteiger partial charge in [0, 0.05) is 16.4 Å². The first kappa shape index (κ1) is 12.7. The maximum atomic E-state index is 13.7. The molecular formula is C13H8BrFN4O. The molecule has 3 aromatic rings. The summed E-state index contributed by atoms with van der Waals surface area (Å²) in [5.41, 5.74) is 6.73. The standard InChI is InChI=1S/C13H8BrFN4O/c14-9-2-1-5-17-11(9)12-18-13(20-19-12)8-6-7(16)3-4-10(8)15/h1-6H,16H2. The van der Waals surface area contributed by atoms with Crippen LogP contribution in [-0.2, 0) is 0 Å². The molecule has 1 aromatic carbocycles. The molecule has 5 nitrogen and oxygen atoms in total. The fraction of sp³-hybridized carbons (Fsp3) is 0. The number of benzene rings is 1. The molecule has 100 valence electrons. The van der Waals surface area contributed by atoms with Crippen molar-refractivity contribution in [3.63, 3.8) is 0 Å². The predicted octanol–water partition coefficient (Wildman–Crippen LogP) is 3.28. The number of rotatable bonds is 2. The second-order valence-electron chi connectivity index (χ2n) is 4.00. The Hall–Kier alpha value is -2.28. The highest BCUT2D eigenvalue weighted by Gasteiger charge is 2.16. The molecule has 0 spiro atoms. The molecule has 3 rings (SSSR count). The Morgan fingerprint density at radius 1 is 1.25 bits per heavy atom. The van der Waals surface area contributed by atoms with Gasteiger partial charge in [0.05, 0.1) is 5.56 Å². The number of nitrogens with two attached hydrogens (primary N) is 1. The number of anilines is 1. The number of hydrogen-bond acceptors (Lipinski definition) is 5. The molecule has 0 saturated heterocycles. The molecule has 2 aromatic heterocycles. The summed E-state index contributed by atoms with van der Waals surface area (Å²) in [5, 5.41) is 3.81. The number of nitrogens with zero attached hydrogens (tertiary/aromatic N) is 3. The molecule has 7 heteroatoms. The summed E-state index contributed by atoms with van der Waals surface area (Å²) < 4.78 is 19.5. The minimum atomic E-state index is -0.477.